The molecule has 0 spiro atoms. The van der Waals surface area contributed by atoms with Gasteiger partial charge < -0.3 is 10.2 Å². The van der Waals surface area contributed by atoms with Crippen molar-refractivity contribution in [2.24, 2.45) is 5.92 Å². The van der Waals surface area contributed by atoms with Gasteiger partial charge in [-0.3, -0.25) is 10.1 Å². The highest BCUT2D eigenvalue weighted by molar-refractivity contribution is 5.56. The van der Waals surface area contributed by atoms with Gasteiger partial charge in [-0.15, -0.1) is 0 Å². The maximum atomic E-state index is 11.1. The summed E-state index contributed by atoms with van der Waals surface area (Å²) in [7, 11) is 0. The van der Waals surface area contributed by atoms with E-state index >= 15 is 0 Å². The van der Waals surface area contributed by atoms with Crippen LogP contribution in [0.4, 0.5) is 17.3 Å². The van der Waals surface area contributed by atoms with E-state index in [0.29, 0.717) is 23.6 Å². The van der Waals surface area contributed by atoms with Gasteiger partial charge in [0.05, 0.1) is 17.1 Å². The van der Waals surface area contributed by atoms with Crippen LogP contribution in [-0.2, 0) is 0 Å². The van der Waals surface area contributed by atoms with E-state index in [0.717, 1.165) is 25.9 Å². The normalized spacial score (nSPS) is 22.1. The van der Waals surface area contributed by atoms with Gasteiger partial charge in [-0.2, -0.15) is 0 Å². The van der Waals surface area contributed by atoms with Gasteiger partial charge in [0.1, 0.15) is 11.6 Å². The van der Waals surface area contributed by atoms with E-state index in [1.54, 1.807) is 6.07 Å². The molecular weight excluding hydrogens is 256 g/mol. The molecule has 1 fully saturated rings. The van der Waals surface area contributed by atoms with E-state index in [-0.39, 0.29) is 10.6 Å². The summed E-state index contributed by atoms with van der Waals surface area (Å²) in [5.41, 5.74) is 0.0976. The zero-order chi connectivity index (χ0) is 14.7. The number of nitrogens with one attached hydrogen (secondary N) is 1. The number of rotatable bonds is 5. The molecule has 1 N–H and O–H groups in total. The largest absolute Gasteiger partial charge is 0.370 e. The second-order valence-electron chi connectivity index (χ2n) is 5.59. The molecule has 2 heterocycles. The highest BCUT2D eigenvalue weighted by atomic mass is 16.6. The highest BCUT2D eigenvalue weighted by Gasteiger charge is 2.28. The van der Waals surface area contributed by atoms with E-state index in [1.165, 1.54) is 6.07 Å². The highest BCUT2D eigenvalue weighted by Crippen LogP contribution is 2.30. The number of anilines is 2. The number of pyridine rings is 1. The second kappa shape index (κ2) is 6.07. The Labute approximate surface area is 119 Å². The van der Waals surface area contributed by atoms with Crippen molar-refractivity contribution in [2.45, 2.75) is 39.7 Å². The van der Waals surface area contributed by atoms with Crippen LogP contribution < -0.4 is 10.2 Å². The fraction of sp³-hybridized carbons (Fsp3) is 0.643. The van der Waals surface area contributed by atoms with Crippen molar-refractivity contribution in [3.8, 4) is 0 Å². The fourth-order valence-electron chi connectivity index (χ4n) is 2.72. The first-order chi connectivity index (χ1) is 9.51. The van der Waals surface area contributed by atoms with E-state index in [4.69, 9.17) is 0 Å². The first kappa shape index (κ1) is 14.6. The minimum Gasteiger partial charge on any atom is -0.370 e. The van der Waals surface area contributed by atoms with Crippen LogP contribution in [0.3, 0.4) is 0 Å². The Hall–Kier alpha value is -1.85. The number of hydrogen-bond acceptors (Lipinski definition) is 5. The summed E-state index contributed by atoms with van der Waals surface area (Å²) < 4.78 is 0. The summed E-state index contributed by atoms with van der Waals surface area (Å²) in [6.07, 6.45) is 2.05. The van der Waals surface area contributed by atoms with Crippen molar-refractivity contribution in [1.82, 2.24) is 4.98 Å². The molecule has 1 aliphatic heterocycles. The summed E-state index contributed by atoms with van der Waals surface area (Å²) in [6, 6.07) is 3.45. The number of nitro groups is 1. The molecule has 2 rings (SSSR count). The number of nitrogens with zero attached hydrogens (tertiary/aromatic N) is 3. The molecule has 2 atom stereocenters. The number of aromatic nitrogens is 1. The van der Waals surface area contributed by atoms with Gasteiger partial charge in [0.25, 0.3) is 5.69 Å². The Morgan fingerprint density at radius 2 is 2.25 bits per heavy atom. The van der Waals surface area contributed by atoms with Crippen molar-refractivity contribution in [3.63, 3.8) is 0 Å². The molecule has 1 aromatic rings. The molecule has 20 heavy (non-hydrogen) atoms. The van der Waals surface area contributed by atoms with E-state index < -0.39 is 0 Å². The third-order valence-electron chi connectivity index (χ3n) is 3.64. The van der Waals surface area contributed by atoms with Crippen LogP contribution in [0.2, 0.25) is 0 Å². The molecule has 0 radical (unpaired) electrons. The van der Waals surface area contributed by atoms with Crippen molar-refractivity contribution in [2.75, 3.05) is 23.3 Å². The molecule has 1 aliphatic rings. The monoisotopic (exact) mass is 278 g/mol. The zero-order valence-electron chi connectivity index (χ0n) is 12.3. The fourth-order valence-corrected chi connectivity index (χ4v) is 2.72. The SMILES string of the molecule is CCCNc1cc([N+](=O)[O-])cc(N2CC(C)CC2C)n1. The first-order valence-corrected chi connectivity index (χ1v) is 7.18. The Morgan fingerprint density at radius 1 is 1.50 bits per heavy atom. The molecule has 0 saturated carbocycles. The molecule has 0 aromatic carbocycles. The lowest BCUT2D eigenvalue weighted by molar-refractivity contribution is -0.384. The predicted molar refractivity (Wildman–Crippen MR) is 80.3 cm³/mol. The lowest BCUT2D eigenvalue weighted by Gasteiger charge is -2.23. The third-order valence-corrected chi connectivity index (χ3v) is 3.64. The average Bonchev–Trinajstić information content (AvgIpc) is 2.75. The molecule has 6 heteroatoms. The predicted octanol–water partition coefficient (Wildman–Crippen LogP) is 3.05. The summed E-state index contributed by atoms with van der Waals surface area (Å²) in [5, 5.41) is 14.2. The molecule has 0 amide bonds. The van der Waals surface area contributed by atoms with Gasteiger partial charge in [-0.05, 0) is 25.7 Å². The summed E-state index contributed by atoms with van der Waals surface area (Å²) in [4.78, 5) is 17.4. The lowest BCUT2D eigenvalue weighted by Crippen LogP contribution is -2.27. The Morgan fingerprint density at radius 3 is 2.80 bits per heavy atom. The summed E-state index contributed by atoms with van der Waals surface area (Å²) >= 11 is 0. The van der Waals surface area contributed by atoms with Crippen LogP contribution in [0.15, 0.2) is 12.1 Å². The molecule has 6 nitrogen and oxygen atoms in total. The third kappa shape index (κ3) is 3.18. The van der Waals surface area contributed by atoms with Crippen molar-refractivity contribution in [1.29, 1.82) is 0 Å². The van der Waals surface area contributed by atoms with Gasteiger partial charge >= 0.3 is 0 Å². The molecule has 1 aromatic heterocycles. The van der Waals surface area contributed by atoms with Crippen LogP contribution in [0.25, 0.3) is 0 Å². The van der Waals surface area contributed by atoms with Crippen molar-refractivity contribution in [3.05, 3.63) is 22.2 Å². The molecular formula is C14H22N4O2. The Bertz CT molecular complexity index is 492. The van der Waals surface area contributed by atoms with Gasteiger partial charge in [0, 0.05) is 19.1 Å². The first-order valence-electron chi connectivity index (χ1n) is 7.18. The average molecular weight is 278 g/mol. The van der Waals surface area contributed by atoms with Crippen LogP contribution >= 0.6 is 0 Å². The van der Waals surface area contributed by atoms with Gasteiger partial charge in [0.15, 0.2) is 0 Å². The summed E-state index contributed by atoms with van der Waals surface area (Å²) in [6.45, 7) is 8.06. The smallest absolute Gasteiger partial charge is 0.276 e. The second-order valence-corrected chi connectivity index (χ2v) is 5.59. The molecule has 110 valence electrons. The lowest BCUT2D eigenvalue weighted by atomic mass is 10.1. The minimum absolute atomic E-state index is 0.0976. The van der Waals surface area contributed by atoms with Crippen molar-refractivity contribution >= 4 is 17.3 Å². The minimum atomic E-state index is -0.355. The van der Waals surface area contributed by atoms with Gasteiger partial charge in [-0.1, -0.05) is 13.8 Å². The number of hydrogen-bond donors (Lipinski definition) is 1. The van der Waals surface area contributed by atoms with E-state index in [1.807, 2.05) is 0 Å². The van der Waals surface area contributed by atoms with E-state index in [9.17, 15) is 10.1 Å². The van der Waals surface area contributed by atoms with Crippen LogP contribution in [0, 0.1) is 16.0 Å². The standard InChI is InChI=1S/C14H22N4O2/c1-4-5-15-13-7-12(18(19)20)8-14(16-13)17-9-10(2)6-11(17)3/h7-8,10-11H,4-6,9H2,1-3H3,(H,15,16). The zero-order valence-corrected chi connectivity index (χ0v) is 12.3. The maximum Gasteiger partial charge on any atom is 0.276 e. The summed E-state index contributed by atoms with van der Waals surface area (Å²) in [5.74, 6) is 1.88. The van der Waals surface area contributed by atoms with Crippen LogP contribution in [0.1, 0.15) is 33.6 Å². The quantitative estimate of drug-likeness (QED) is 0.662. The molecule has 0 bridgehead atoms. The molecule has 1 saturated heterocycles. The molecule has 2 unspecified atom stereocenters. The Balaban J connectivity index is 2.31. The van der Waals surface area contributed by atoms with Crippen LogP contribution in [0.5, 0.6) is 0 Å². The topological polar surface area (TPSA) is 71.3 Å². The van der Waals surface area contributed by atoms with E-state index in [2.05, 4.69) is 36.0 Å². The van der Waals surface area contributed by atoms with Gasteiger partial charge in [0.2, 0.25) is 0 Å². The Kier molecular flexibility index (Phi) is 4.42. The molecule has 0 aliphatic carbocycles. The van der Waals surface area contributed by atoms with Crippen LogP contribution in [-0.4, -0.2) is 29.0 Å². The van der Waals surface area contributed by atoms with Gasteiger partial charge in [-0.25, -0.2) is 4.98 Å². The van der Waals surface area contributed by atoms with Crippen molar-refractivity contribution < 1.29 is 4.92 Å². The maximum absolute atomic E-state index is 11.1.